The third kappa shape index (κ3) is 6.82. The number of unbranched alkanes of at least 4 members (excludes halogenated alkanes) is 7. The van der Waals surface area contributed by atoms with E-state index in [-0.39, 0.29) is 6.03 Å². The van der Waals surface area contributed by atoms with Gasteiger partial charge in [-0.15, -0.1) is 0 Å². The molecule has 5 heteroatoms. The Bertz CT molecular complexity index is 321. The minimum Gasteiger partial charge on any atom is -0.480 e. The molecule has 0 spiro atoms. The predicted octanol–water partition coefficient (Wildman–Crippen LogP) is 3.39. The highest BCUT2D eigenvalue weighted by atomic mass is 16.4. The van der Waals surface area contributed by atoms with Gasteiger partial charge >= 0.3 is 12.0 Å². The molecule has 1 aliphatic rings. The number of carboxylic acids is 1. The van der Waals surface area contributed by atoms with Gasteiger partial charge in [0.25, 0.3) is 0 Å². The highest BCUT2D eigenvalue weighted by Gasteiger charge is 2.33. The lowest BCUT2D eigenvalue weighted by atomic mass is 10.1. The summed E-state index contributed by atoms with van der Waals surface area (Å²) >= 11 is 0. The van der Waals surface area contributed by atoms with E-state index in [1.807, 2.05) is 0 Å². The standard InChI is InChI=1S/C16H30N2O3/c1-2-3-4-5-6-7-8-9-12-17-16(21)18-13-10-11-14(18)15(19)20/h14H,2-13H2,1H3,(H,17,21)(H,19,20)/t14-/m0/s1. The Labute approximate surface area is 128 Å². The summed E-state index contributed by atoms with van der Waals surface area (Å²) in [7, 11) is 0. The van der Waals surface area contributed by atoms with Crippen molar-refractivity contribution >= 4 is 12.0 Å². The average Bonchev–Trinajstić information content (AvgIpc) is 2.95. The van der Waals surface area contributed by atoms with E-state index < -0.39 is 12.0 Å². The summed E-state index contributed by atoms with van der Waals surface area (Å²) in [6, 6.07) is -0.855. The number of carboxylic acid groups (broad SMARTS) is 1. The van der Waals surface area contributed by atoms with Crippen LogP contribution in [0, 0.1) is 0 Å². The van der Waals surface area contributed by atoms with E-state index >= 15 is 0 Å². The second kappa shape index (κ2) is 10.5. The Kier molecular flexibility index (Phi) is 8.87. The number of hydrogen-bond donors (Lipinski definition) is 2. The molecule has 1 fully saturated rings. The SMILES string of the molecule is CCCCCCCCCCNC(=O)N1CCC[C@H]1C(=O)O. The molecule has 1 heterocycles. The normalized spacial score (nSPS) is 18.0. The smallest absolute Gasteiger partial charge is 0.326 e. The molecule has 21 heavy (non-hydrogen) atoms. The zero-order valence-corrected chi connectivity index (χ0v) is 13.3. The molecule has 0 bridgehead atoms. The number of rotatable bonds is 10. The average molecular weight is 298 g/mol. The molecular weight excluding hydrogens is 268 g/mol. The Hall–Kier alpha value is -1.26. The number of amides is 2. The molecule has 1 aliphatic heterocycles. The Balaban J connectivity index is 2.02. The first kappa shape index (κ1) is 17.8. The number of carbonyl (C=O) groups excluding carboxylic acids is 1. The molecule has 1 saturated heterocycles. The number of urea groups is 1. The predicted molar refractivity (Wildman–Crippen MR) is 83.4 cm³/mol. The summed E-state index contributed by atoms with van der Waals surface area (Å²) in [6.07, 6.45) is 11.2. The molecule has 0 aromatic heterocycles. The fourth-order valence-electron chi connectivity index (χ4n) is 2.82. The van der Waals surface area contributed by atoms with Crippen LogP contribution in [0.15, 0.2) is 0 Å². The number of aliphatic carboxylic acids is 1. The van der Waals surface area contributed by atoms with Crippen LogP contribution in [0.1, 0.15) is 71.1 Å². The zero-order chi connectivity index (χ0) is 15.5. The van der Waals surface area contributed by atoms with Gasteiger partial charge in [0.05, 0.1) is 0 Å². The van der Waals surface area contributed by atoms with Crippen molar-refractivity contribution in [3.8, 4) is 0 Å². The molecule has 122 valence electrons. The van der Waals surface area contributed by atoms with Crippen molar-refractivity contribution in [3.05, 3.63) is 0 Å². The molecule has 1 atom stereocenters. The molecule has 0 unspecified atom stereocenters. The minimum atomic E-state index is -0.894. The lowest BCUT2D eigenvalue weighted by molar-refractivity contribution is -0.141. The lowest BCUT2D eigenvalue weighted by Gasteiger charge is -2.21. The lowest BCUT2D eigenvalue weighted by Crippen LogP contribution is -2.46. The van der Waals surface area contributed by atoms with Crippen LogP contribution in [0.25, 0.3) is 0 Å². The first-order valence-electron chi connectivity index (χ1n) is 8.44. The molecule has 1 rings (SSSR count). The van der Waals surface area contributed by atoms with Crippen LogP contribution in [0.2, 0.25) is 0 Å². The first-order chi connectivity index (χ1) is 10.2. The molecule has 2 amide bonds. The molecule has 0 aliphatic carbocycles. The summed E-state index contributed by atoms with van der Waals surface area (Å²) in [5.74, 6) is -0.894. The Morgan fingerprint density at radius 3 is 2.33 bits per heavy atom. The van der Waals surface area contributed by atoms with E-state index in [1.54, 1.807) is 0 Å². The minimum absolute atomic E-state index is 0.220. The van der Waals surface area contributed by atoms with Crippen LogP contribution in [-0.4, -0.2) is 41.1 Å². The quantitative estimate of drug-likeness (QED) is 0.607. The highest BCUT2D eigenvalue weighted by molar-refractivity contribution is 5.83. The third-order valence-electron chi connectivity index (χ3n) is 4.11. The maximum atomic E-state index is 11.9. The summed E-state index contributed by atoms with van der Waals surface area (Å²) in [6.45, 7) is 3.43. The topological polar surface area (TPSA) is 69.6 Å². The fourth-order valence-corrected chi connectivity index (χ4v) is 2.82. The van der Waals surface area contributed by atoms with Gasteiger partial charge in [0.1, 0.15) is 6.04 Å². The summed E-state index contributed by atoms with van der Waals surface area (Å²) in [5, 5.41) is 11.9. The maximum Gasteiger partial charge on any atom is 0.326 e. The van der Waals surface area contributed by atoms with Crippen molar-refractivity contribution in [2.45, 2.75) is 77.2 Å². The van der Waals surface area contributed by atoms with E-state index in [2.05, 4.69) is 12.2 Å². The third-order valence-corrected chi connectivity index (χ3v) is 4.11. The van der Waals surface area contributed by atoms with Gasteiger partial charge < -0.3 is 15.3 Å². The van der Waals surface area contributed by atoms with E-state index in [1.165, 1.54) is 43.4 Å². The summed E-state index contributed by atoms with van der Waals surface area (Å²) < 4.78 is 0. The Morgan fingerprint density at radius 1 is 1.10 bits per heavy atom. The molecular formula is C16H30N2O3. The number of nitrogens with one attached hydrogen (secondary N) is 1. The molecule has 5 nitrogen and oxygen atoms in total. The summed E-state index contributed by atoms with van der Waals surface area (Å²) in [4.78, 5) is 24.4. The maximum absolute atomic E-state index is 11.9. The van der Waals surface area contributed by atoms with Crippen LogP contribution in [-0.2, 0) is 4.79 Å². The van der Waals surface area contributed by atoms with Gasteiger partial charge in [0, 0.05) is 13.1 Å². The zero-order valence-electron chi connectivity index (χ0n) is 13.3. The van der Waals surface area contributed by atoms with Crippen LogP contribution < -0.4 is 5.32 Å². The molecule has 0 saturated carbocycles. The molecule has 2 N–H and O–H groups in total. The highest BCUT2D eigenvalue weighted by Crippen LogP contribution is 2.17. The number of hydrogen-bond acceptors (Lipinski definition) is 2. The second-order valence-corrected chi connectivity index (χ2v) is 5.90. The van der Waals surface area contributed by atoms with Crippen molar-refractivity contribution in [2.75, 3.05) is 13.1 Å². The monoisotopic (exact) mass is 298 g/mol. The van der Waals surface area contributed by atoms with Gasteiger partial charge in [-0.1, -0.05) is 51.9 Å². The van der Waals surface area contributed by atoms with Crippen molar-refractivity contribution in [1.29, 1.82) is 0 Å². The number of carbonyl (C=O) groups is 2. The van der Waals surface area contributed by atoms with Gasteiger partial charge in [0.2, 0.25) is 0 Å². The Morgan fingerprint density at radius 2 is 1.71 bits per heavy atom. The summed E-state index contributed by atoms with van der Waals surface area (Å²) in [5.41, 5.74) is 0. The van der Waals surface area contributed by atoms with E-state index in [0.717, 1.165) is 19.3 Å². The number of likely N-dealkylation sites (tertiary alicyclic amines) is 1. The van der Waals surface area contributed by atoms with E-state index in [0.29, 0.717) is 19.5 Å². The van der Waals surface area contributed by atoms with Gasteiger partial charge in [-0.3, -0.25) is 0 Å². The van der Waals surface area contributed by atoms with E-state index in [9.17, 15) is 9.59 Å². The van der Waals surface area contributed by atoms with Gasteiger partial charge in [-0.2, -0.15) is 0 Å². The van der Waals surface area contributed by atoms with Crippen LogP contribution in [0.4, 0.5) is 4.79 Å². The van der Waals surface area contributed by atoms with Gasteiger partial charge in [-0.25, -0.2) is 9.59 Å². The first-order valence-corrected chi connectivity index (χ1v) is 8.44. The molecule has 0 aromatic rings. The van der Waals surface area contributed by atoms with Crippen LogP contribution in [0.5, 0.6) is 0 Å². The molecule has 0 aromatic carbocycles. The van der Waals surface area contributed by atoms with Crippen molar-refractivity contribution < 1.29 is 14.7 Å². The van der Waals surface area contributed by atoms with Crippen LogP contribution in [0.3, 0.4) is 0 Å². The van der Waals surface area contributed by atoms with Crippen molar-refractivity contribution in [2.24, 2.45) is 0 Å². The van der Waals surface area contributed by atoms with Crippen LogP contribution >= 0.6 is 0 Å². The van der Waals surface area contributed by atoms with Crippen molar-refractivity contribution in [3.63, 3.8) is 0 Å². The van der Waals surface area contributed by atoms with Crippen molar-refractivity contribution in [1.82, 2.24) is 10.2 Å². The fraction of sp³-hybridized carbons (Fsp3) is 0.875. The second-order valence-electron chi connectivity index (χ2n) is 5.90. The van der Waals surface area contributed by atoms with Gasteiger partial charge in [-0.05, 0) is 19.3 Å². The largest absolute Gasteiger partial charge is 0.480 e. The van der Waals surface area contributed by atoms with Gasteiger partial charge in [0.15, 0.2) is 0 Å². The van der Waals surface area contributed by atoms with E-state index in [4.69, 9.17) is 5.11 Å². The number of nitrogens with zero attached hydrogens (tertiary/aromatic N) is 1. The molecule has 0 radical (unpaired) electrons.